The number of nitrogens with zero attached hydrogens (tertiary/aromatic N) is 9. The molecule has 0 fully saturated rings. The fourth-order valence-electron chi connectivity index (χ4n) is 12.4. The van der Waals surface area contributed by atoms with Gasteiger partial charge in [-0.25, -0.2) is 29.7 Å². The first-order chi connectivity index (χ1) is 47.4. The molecule has 7 aromatic heterocycles. The molecule has 0 aliphatic heterocycles. The number of aromatic hydroxyl groups is 1. The van der Waals surface area contributed by atoms with Crippen molar-refractivity contribution in [1.29, 1.82) is 0 Å². The summed E-state index contributed by atoms with van der Waals surface area (Å²) < 4.78 is 18.8. The number of aromatic nitrogens is 9. The highest BCUT2D eigenvalue weighted by Crippen LogP contribution is 2.41. The van der Waals surface area contributed by atoms with Gasteiger partial charge in [0.05, 0.1) is 33.4 Å². The number of halogens is 3. The number of carboxylic acid groups (broad SMARTS) is 1. The number of carboxylic acids is 1. The van der Waals surface area contributed by atoms with E-state index in [-0.39, 0.29) is 11.4 Å². The lowest BCUT2D eigenvalue weighted by Crippen LogP contribution is -2.08. The van der Waals surface area contributed by atoms with Gasteiger partial charge >= 0.3 is 5.97 Å². The van der Waals surface area contributed by atoms with Crippen LogP contribution in [0, 0.1) is 3.57 Å². The zero-order valence-corrected chi connectivity index (χ0v) is 60.8. The van der Waals surface area contributed by atoms with Crippen molar-refractivity contribution in [2.45, 2.75) is 79.1 Å². The van der Waals surface area contributed by atoms with E-state index < -0.39 is 5.97 Å². The van der Waals surface area contributed by atoms with Crippen LogP contribution in [0.2, 0.25) is 0 Å². The SMILES string of the molecule is CC(C)c1cc(Br)cc(C(C)C)c1-n1ccnc1-c1cccc(O)c1.CC(C)c1cc(Br)cc(C(C)C)c1-n1ccnc1-c1cccc(Oc2ccc3c4ccccc4n(-c4ccccn4)c3c2)c1.Ic1ccc2c3ccccc3n(-c3ccccn3)c2c1.O=C(O)c1ccccn1. The molecule has 16 heteroatoms. The summed E-state index contributed by atoms with van der Waals surface area (Å²) in [6, 6.07) is 70.8. The second kappa shape index (κ2) is 30.2. The third-order valence-electron chi connectivity index (χ3n) is 16.9. The fraction of sp³-hybridized carbons (Fsp3) is 0.146. The normalized spacial score (nSPS) is 11.3. The number of hydrogen-bond donors (Lipinski definition) is 2. The number of fused-ring (bicyclic) bond motifs is 6. The van der Waals surface area contributed by atoms with Crippen molar-refractivity contribution in [3.8, 4) is 63.0 Å². The minimum absolute atomic E-state index is 0.0810. The predicted octanol–water partition coefficient (Wildman–Crippen LogP) is 22.7. The maximum atomic E-state index is 10.1. The third-order valence-corrected chi connectivity index (χ3v) is 18.5. The molecule has 0 bridgehead atoms. The Balaban J connectivity index is 0.000000142. The monoisotopic (exact) mass is 1530 g/mol. The average Bonchev–Trinajstić information content (AvgIpc) is 1.60. The summed E-state index contributed by atoms with van der Waals surface area (Å²) in [5.74, 6) is 5.77. The van der Waals surface area contributed by atoms with E-state index >= 15 is 0 Å². The first-order valence-electron chi connectivity index (χ1n) is 32.4. The minimum atomic E-state index is -0.990. The quantitative estimate of drug-likeness (QED) is 0.108. The van der Waals surface area contributed by atoms with E-state index in [0.717, 1.165) is 71.3 Å². The number of hydrogen-bond acceptors (Lipinski definition) is 8. The molecule has 0 amide bonds. The maximum Gasteiger partial charge on any atom is 0.354 e. The van der Waals surface area contributed by atoms with Crippen molar-refractivity contribution >= 4 is 104 Å². The molecule has 0 radical (unpaired) electrons. The van der Waals surface area contributed by atoms with Crippen LogP contribution >= 0.6 is 54.5 Å². The van der Waals surface area contributed by atoms with E-state index in [1.54, 1.807) is 24.3 Å². The van der Waals surface area contributed by atoms with Crippen LogP contribution in [0.15, 0.2) is 265 Å². The largest absolute Gasteiger partial charge is 0.508 e. The fourth-order valence-corrected chi connectivity index (χ4v) is 13.8. The Bertz CT molecular complexity index is 5260. The van der Waals surface area contributed by atoms with Crippen LogP contribution in [0.5, 0.6) is 17.2 Å². The first kappa shape index (κ1) is 67.9. The van der Waals surface area contributed by atoms with E-state index in [4.69, 9.17) is 14.8 Å². The molecule has 2 N–H and O–H groups in total. The Hall–Kier alpha value is -10.0. The molecule has 490 valence electrons. The molecule has 0 saturated carbocycles. The Labute approximate surface area is 600 Å². The van der Waals surface area contributed by atoms with Crippen molar-refractivity contribution < 1.29 is 19.7 Å². The zero-order valence-electron chi connectivity index (χ0n) is 55.4. The van der Waals surface area contributed by atoms with Crippen molar-refractivity contribution in [2.24, 2.45) is 0 Å². The summed E-state index contributed by atoms with van der Waals surface area (Å²) in [6.07, 6.45) is 12.9. The average molecular weight is 1530 g/mol. The van der Waals surface area contributed by atoms with Gasteiger partial charge in [-0.15, -0.1) is 0 Å². The maximum absolute atomic E-state index is 10.1. The van der Waals surface area contributed by atoms with Gasteiger partial charge in [0, 0.05) is 94.6 Å². The van der Waals surface area contributed by atoms with Gasteiger partial charge in [0.15, 0.2) is 0 Å². The van der Waals surface area contributed by atoms with E-state index in [1.165, 1.54) is 76.7 Å². The molecule has 98 heavy (non-hydrogen) atoms. The van der Waals surface area contributed by atoms with Gasteiger partial charge in [0.25, 0.3) is 0 Å². The topological polar surface area (TPSA) is 151 Å². The summed E-state index contributed by atoms with van der Waals surface area (Å²) in [7, 11) is 0. The molecular weight excluding hydrogens is 1460 g/mol. The Morgan fingerprint density at radius 2 is 0.847 bits per heavy atom. The van der Waals surface area contributed by atoms with Gasteiger partial charge < -0.3 is 14.9 Å². The summed E-state index contributed by atoms with van der Waals surface area (Å²) in [4.78, 5) is 32.3. The van der Waals surface area contributed by atoms with Crippen LogP contribution < -0.4 is 4.74 Å². The first-order valence-corrected chi connectivity index (χ1v) is 35.1. The molecule has 0 saturated heterocycles. The smallest absolute Gasteiger partial charge is 0.354 e. The molecule has 7 heterocycles. The number of para-hydroxylation sites is 2. The Morgan fingerprint density at radius 1 is 0.418 bits per heavy atom. The molecule has 0 aliphatic carbocycles. The predicted molar refractivity (Wildman–Crippen MR) is 413 cm³/mol. The van der Waals surface area contributed by atoms with E-state index in [2.05, 4.69) is 270 Å². The standard InChI is InChI=1S/C38H33BrN4O.C21H23BrN2O.C17H11IN2.C6H5NO2/c1-24(2)32-21-27(39)22-33(25(3)4)37(32)42-19-18-41-38(42)26-10-9-11-28(20-26)44-29-15-16-31-30-12-5-6-13-34(30)43(35(31)23-29)36-14-7-8-17-40-36;1-13(2)18-11-16(22)12-19(14(3)4)20(18)24-9-8-23-21(24)15-6-5-7-17(25)10-15;18-12-8-9-14-13-5-1-2-6-15(13)20(16(14)11-12)17-7-3-4-10-19-17;8-6(9)5-3-1-2-4-7-5/h5-25H,1-4H3;5-14,25H,1-4H3;1-11H;1-4H,(H,8,9). The molecule has 13 nitrogen and oxygen atoms in total. The van der Waals surface area contributed by atoms with Gasteiger partial charge in [0.1, 0.15) is 46.2 Å². The Morgan fingerprint density at radius 3 is 1.30 bits per heavy atom. The second-order valence-electron chi connectivity index (χ2n) is 24.8. The lowest BCUT2D eigenvalue weighted by atomic mass is 9.92. The van der Waals surface area contributed by atoms with Gasteiger partial charge in [0.2, 0.25) is 0 Å². The summed E-state index contributed by atoms with van der Waals surface area (Å²) >= 11 is 9.76. The van der Waals surface area contributed by atoms with Crippen LogP contribution in [-0.2, 0) is 0 Å². The van der Waals surface area contributed by atoms with Gasteiger partial charge in [-0.3, -0.25) is 18.3 Å². The number of phenolic OH excluding ortho intramolecular Hbond substituents is 1. The van der Waals surface area contributed by atoms with Crippen LogP contribution in [0.3, 0.4) is 0 Å². The number of benzene rings is 8. The number of rotatable bonds is 13. The van der Waals surface area contributed by atoms with Gasteiger partial charge in [-0.05, 0) is 190 Å². The van der Waals surface area contributed by atoms with E-state index in [0.29, 0.717) is 23.7 Å². The highest BCUT2D eigenvalue weighted by atomic mass is 127. The number of carbonyl (C=O) groups is 1. The third kappa shape index (κ3) is 14.6. The molecule has 0 atom stereocenters. The lowest BCUT2D eigenvalue weighted by molar-refractivity contribution is 0.0690. The van der Waals surface area contributed by atoms with Crippen LogP contribution in [0.1, 0.15) is 112 Å². The van der Waals surface area contributed by atoms with Crippen molar-refractivity contribution in [2.75, 3.05) is 0 Å². The van der Waals surface area contributed by atoms with Gasteiger partial charge in [-0.2, -0.15) is 0 Å². The zero-order chi connectivity index (χ0) is 68.7. The molecule has 0 spiro atoms. The number of phenols is 1. The van der Waals surface area contributed by atoms with Gasteiger partial charge in [-0.1, -0.05) is 172 Å². The van der Waals surface area contributed by atoms with E-state index in [9.17, 15) is 9.90 Å². The number of pyridine rings is 3. The van der Waals surface area contributed by atoms with E-state index in [1.807, 2.05) is 97.7 Å². The highest BCUT2D eigenvalue weighted by molar-refractivity contribution is 14.1. The van der Waals surface area contributed by atoms with Crippen LogP contribution in [0.4, 0.5) is 0 Å². The second-order valence-corrected chi connectivity index (χ2v) is 27.9. The van der Waals surface area contributed by atoms with Crippen LogP contribution in [-0.4, -0.2) is 59.4 Å². The lowest BCUT2D eigenvalue weighted by Gasteiger charge is -2.22. The molecular formula is C82H72Br2IN9O4. The molecule has 15 aromatic rings. The minimum Gasteiger partial charge on any atom is -0.508 e. The van der Waals surface area contributed by atoms with Crippen LogP contribution in [0.25, 0.3) is 89.4 Å². The summed E-state index contributed by atoms with van der Waals surface area (Å²) in [5, 5.41) is 23.1. The van der Waals surface area contributed by atoms with Crippen molar-refractivity contribution in [1.82, 2.24) is 43.2 Å². The molecule has 8 aromatic carbocycles. The van der Waals surface area contributed by atoms with Crippen molar-refractivity contribution in [3.63, 3.8) is 0 Å². The number of ether oxygens (including phenoxy) is 1. The number of aromatic carboxylic acids is 1. The van der Waals surface area contributed by atoms with Crippen molar-refractivity contribution in [3.05, 3.63) is 296 Å². The molecule has 0 unspecified atom stereocenters. The summed E-state index contributed by atoms with van der Waals surface area (Å²) in [5.41, 5.74) is 14.0. The number of imidazole rings is 2. The summed E-state index contributed by atoms with van der Waals surface area (Å²) in [6.45, 7) is 17.8. The highest BCUT2D eigenvalue weighted by Gasteiger charge is 2.23. The molecule has 0 aliphatic rings. The Kier molecular flexibility index (Phi) is 20.9. The molecule has 15 rings (SSSR count).